The van der Waals surface area contributed by atoms with Crippen LogP contribution in [0.3, 0.4) is 0 Å². The topological polar surface area (TPSA) is 93.0 Å². The molecule has 0 bridgehead atoms. The molecule has 2 aromatic rings. The Morgan fingerprint density at radius 2 is 1.79 bits per heavy atom. The first-order valence-electron chi connectivity index (χ1n) is 9.29. The van der Waals surface area contributed by atoms with Crippen molar-refractivity contribution in [2.24, 2.45) is 0 Å². The third-order valence-corrected chi connectivity index (χ3v) is 6.92. The fraction of sp³-hybridized carbons (Fsp3) is 0.400. The highest BCUT2D eigenvalue weighted by Gasteiger charge is 2.36. The Balaban J connectivity index is 2.03. The van der Waals surface area contributed by atoms with Crippen LogP contribution in [0.2, 0.25) is 0 Å². The second-order valence-corrected chi connectivity index (χ2v) is 9.49. The van der Waals surface area contributed by atoms with Crippen LogP contribution in [-0.4, -0.2) is 55.8 Å². The summed E-state index contributed by atoms with van der Waals surface area (Å²) >= 11 is 0. The lowest BCUT2D eigenvalue weighted by molar-refractivity contribution is -0.385. The van der Waals surface area contributed by atoms with Crippen LogP contribution in [0.5, 0.6) is 11.5 Å². The van der Waals surface area contributed by atoms with Crippen LogP contribution in [0.4, 0.5) is 5.69 Å². The second kappa shape index (κ2) is 8.10. The molecule has 0 aliphatic carbocycles. The van der Waals surface area contributed by atoms with Gasteiger partial charge in [0.15, 0.2) is 0 Å². The quantitative estimate of drug-likeness (QED) is 0.527. The summed E-state index contributed by atoms with van der Waals surface area (Å²) in [7, 11) is -0.144. The molecule has 0 radical (unpaired) electrons. The minimum atomic E-state index is -3.95. The zero-order valence-corrected chi connectivity index (χ0v) is 17.8. The molecule has 0 saturated carbocycles. The van der Waals surface area contributed by atoms with Crippen LogP contribution in [0.15, 0.2) is 41.3 Å². The summed E-state index contributed by atoms with van der Waals surface area (Å²) in [5.74, 6) is 0.564. The van der Waals surface area contributed by atoms with Gasteiger partial charge in [0.1, 0.15) is 16.4 Å². The van der Waals surface area contributed by atoms with Gasteiger partial charge in [0, 0.05) is 31.3 Å². The number of benzene rings is 2. The molecule has 0 N–H and O–H groups in total. The van der Waals surface area contributed by atoms with Gasteiger partial charge in [0.25, 0.3) is 5.69 Å². The third-order valence-electron chi connectivity index (χ3n) is 5.04. The molecule has 1 atom stereocenters. The smallest absolute Gasteiger partial charge is 0.271 e. The Bertz CT molecular complexity index is 1020. The van der Waals surface area contributed by atoms with Crippen LogP contribution in [0, 0.1) is 24.0 Å². The van der Waals surface area contributed by atoms with Crippen molar-refractivity contribution in [3.8, 4) is 11.5 Å². The Morgan fingerprint density at radius 3 is 2.34 bits per heavy atom. The minimum Gasteiger partial charge on any atom is -0.456 e. The number of nitrogens with zero attached hydrogens (tertiary/aromatic N) is 3. The molecule has 3 rings (SSSR count). The molecule has 1 aliphatic heterocycles. The molecule has 1 fully saturated rings. The van der Waals surface area contributed by atoms with E-state index in [9.17, 15) is 18.5 Å². The number of nitro benzene ring substituents is 1. The van der Waals surface area contributed by atoms with Gasteiger partial charge in [-0.3, -0.25) is 10.1 Å². The van der Waals surface area contributed by atoms with Gasteiger partial charge >= 0.3 is 0 Å². The monoisotopic (exact) mass is 419 g/mol. The number of aryl methyl sites for hydroxylation is 2. The highest BCUT2D eigenvalue weighted by Crippen LogP contribution is 2.35. The van der Waals surface area contributed by atoms with E-state index in [1.54, 1.807) is 12.1 Å². The van der Waals surface area contributed by atoms with Gasteiger partial charge in [-0.1, -0.05) is 6.07 Å². The number of nitro groups is 1. The van der Waals surface area contributed by atoms with Crippen LogP contribution in [-0.2, 0) is 10.0 Å². The Hall–Kier alpha value is -2.49. The van der Waals surface area contributed by atoms with E-state index in [-0.39, 0.29) is 22.4 Å². The fourth-order valence-corrected chi connectivity index (χ4v) is 5.13. The lowest BCUT2D eigenvalue weighted by Gasteiger charge is -2.21. The number of ether oxygens (including phenoxy) is 1. The van der Waals surface area contributed by atoms with Gasteiger partial charge in [0.05, 0.1) is 4.92 Å². The number of non-ortho nitro benzene ring substituents is 1. The maximum absolute atomic E-state index is 13.3. The van der Waals surface area contributed by atoms with E-state index in [1.807, 2.05) is 38.9 Å². The van der Waals surface area contributed by atoms with E-state index in [0.717, 1.165) is 17.2 Å². The normalized spacial score (nSPS) is 17.6. The molecule has 0 unspecified atom stereocenters. The van der Waals surface area contributed by atoms with E-state index >= 15 is 0 Å². The van der Waals surface area contributed by atoms with E-state index in [4.69, 9.17) is 4.74 Å². The summed E-state index contributed by atoms with van der Waals surface area (Å²) in [5, 5.41) is 11.3. The summed E-state index contributed by atoms with van der Waals surface area (Å²) in [6.07, 6.45) is 0.703. The SMILES string of the molecule is Cc1cc(C)cc(Oc2ccc([N+](=O)[O-])cc2S(=O)(=O)N2CC[C@@H](N(C)C)C2)c1. The van der Waals surface area contributed by atoms with Crippen molar-refractivity contribution in [1.29, 1.82) is 0 Å². The van der Waals surface area contributed by atoms with E-state index in [1.165, 1.54) is 16.4 Å². The average Bonchev–Trinajstić information content (AvgIpc) is 3.12. The zero-order chi connectivity index (χ0) is 21.3. The molecule has 0 amide bonds. The van der Waals surface area contributed by atoms with Crippen LogP contribution in [0.1, 0.15) is 17.5 Å². The number of hydrogen-bond acceptors (Lipinski definition) is 6. The summed E-state index contributed by atoms with van der Waals surface area (Å²) < 4.78 is 33.9. The average molecular weight is 420 g/mol. The van der Waals surface area contributed by atoms with Crippen LogP contribution >= 0.6 is 0 Å². The summed E-state index contributed by atoms with van der Waals surface area (Å²) in [6, 6.07) is 9.35. The third kappa shape index (κ3) is 4.58. The Kier molecular flexibility index (Phi) is 5.92. The van der Waals surface area contributed by atoms with Crippen molar-refractivity contribution in [2.75, 3.05) is 27.2 Å². The maximum atomic E-state index is 13.3. The molecule has 8 nitrogen and oxygen atoms in total. The largest absolute Gasteiger partial charge is 0.456 e. The minimum absolute atomic E-state index is 0.0777. The molecular formula is C20H25N3O5S. The zero-order valence-electron chi connectivity index (χ0n) is 17.0. The van der Waals surface area contributed by atoms with Crippen molar-refractivity contribution in [3.63, 3.8) is 0 Å². The highest BCUT2D eigenvalue weighted by atomic mass is 32.2. The van der Waals surface area contributed by atoms with Crippen LogP contribution < -0.4 is 4.74 Å². The molecule has 0 aromatic heterocycles. The number of rotatable bonds is 6. The molecule has 1 aliphatic rings. The van der Waals surface area contributed by atoms with Crippen molar-refractivity contribution >= 4 is 15.7 Å². The number of likely N-dealkylation sites (N-methyl/N-ethyl adjacent to an activating group) is 1. The molecule has 1 heterocycles. The summed E-state index contributed by atoms with van der Waals surface area (Å²) in [5.41, 5.74) is 1.65. The van der Waals surface area contributed by atoms with Gasteiger partial charge in [-0.25, -0.2) is 8.42 Å². The lowest BCUT2D eigenvalue weighted by Crippen LogP contribution is -2.34. The van der Waals surface area contributed by atoms with Gasteiger partial charge in [-0.05, 0) is 63.7 Å². The lowest BCUT2D eigenvalue weighted by atomic mass is 10.1. The summed E-state index contributed by atoms with van der Waals surface area (Å²) in [6.45, 7) is 4.52. The van der Waals surface area contributed by atoms with Gasteiger partial charge in [-0.2, -0.15) is 4.31 Å². The number of hydrogen-bond donors (Lipinski definition) is 0. The first-order chi connectivity index (χ1) is 13.6. The standard InChI is InChI=1S/C20H25N3O5S/c1-14-9-15(2)11-18(10-14)28-19-6-5-16(23(24)25)12-20(19)29(26,27)22-8-7-17(13-22)21(3)4/h5-6,9-12,17H,7-8,13H2,1-4H3/t17-/m1/s1. The van der Waals surface area contributed by atoms with Crippen molar-refractivity contribution in [2.45, 2.75) is 31.2 Å². The predicted molar refractivity (Wildman–Crippen MR) is 110 cm³/mol. The number of sulfonamides is 1. The Labute approximate surface area is 170 Å². The van der Waals surface area contributed by atoms with Crippen LogP contribution in [0.25, 0.3) is 0 Å². The summed E-state index contributed by atoms with van der Waals surface area (Å²) in [4.78, 5) is 12.4. The molecule has 0 spiro atoms. The van der Waals surface area contributed by atoms with Gasteiger partial charge < -0.3 is 9.64 Å². The molecule has 9 heteroatoms. The second-order valence-electron chi connectivity index (χ2n) is 7.58. The molecule has 1 saturated heterocycles. The van der Waals surface area contributed by atoms with E-state index in [0.29, 0.717) is 25.3 Å². The fourth-order valence-electron chi connectivity index (χ4n) is 3.50. The first-order valence-corrected chi connectivity index (χ1v) is 10.7. The Morgan fingerprint density at radius 1 is 1.14 bits per heavy atom. The molecule has 29 heavy (non-hydrogen) atoms. The molecule has 156 valence electrons. The van der Waals surface area contributed by atoms with Gasteiger partial charge in [0.2, 0.25) is 10.0 Å². The van der Waals surface area contributed by atoms with Crippen molar-refractivity contribution < 1.29 is 18.1 Å². The maximum Gasteiger partial charge on any atom is 0.271 e. The molecular weight excluding hydrogens is 394 g/mol. The van der Waals surface area contributed by atoms with Crippen molar-refractivity contribution in [3.05, 3.63) is 57.6 Å². The first kappa shape index (κ1) is 21.2. The predicted octanol–water partition coefficient (Wildman–Crippen LogP) is 3.33. The highest BCUT2D eigenvalue weighted by molar-refractivity contribution is 7.89. The van der Waals surface area contributed by atoms with Gasteiger partial charge in [-0.15, -0.1) is 0 Å². The van der Waals surface area contributed by atoms with E-state index < -0.39 is 14.9 Å². The van der Waals surface area contributed by atoms with E-state index in [2.05, 4.69) is 0 Å². The van der Waals surface area contributed by atoms with Crippen molar-refractivity contribution in [1.82, 2.24) is 9.21 Å². The molecule has 2 aromatic carbocycles.